The van der Waals surface area contributed by atoms with Crippen LogP contribution in [0.4, 0.5) is 0 Å². The van der Waals surface area contributed by atoms with Crippen molar-refractivity contribution in [1.29, 1.82) is 0 Å². The molecule has 0 amide bonds. The van der Waals surface area contributed by atoms with Gasteiger partial charge in [-0.3, -0.25) is 0 Å². The molecule has 0 aliphatic rings. The van der Waals surface area contributed by atoms with Crippen LogP contribution in [0.2, 0.25) is 0 Å². The van der Waals surface area contributed by atoms with Gasteiger partial charge in [0.05, 0.1) is 13.2 Å². The summed E-state index contributed by atoms with van der Waals surface area (Å²) in [5.74, 6) is -0.585. The fourth-order valence-electron chi connectivity index (χ4n) is 0.997. The number of carbonyl (C=O) groups is 2. The van der Waals surface area contributed by atoms with E-state index in [0.29, 0.717) is 37.2 Å². The van der Waals surface area contributed by atoms with Gasteiger partial charge >= 0.3 is 11.9 Å². The minimum atomic E-state index is -0.292. The van der Waals surface area contributed by atoms with E-state index in [1.807, 2.05) is 0 Å². The number of carbonyl (C=O) groups excluding carboxylic acids is 2. The van der Waals surface area contributed by atoms with Gasteiger partial charge in [-0.15, -0.1) is 0 Å². The van der Waals surface area contributed by atoms with E-state index in [2.05, 4.69) is 0 Å². The Balaban J connectivity index is 3.59. The Bertz CT molecular complexity index is 306. The van der Waals surface area contributed by atoms with Gasteiger partial charge in [0.2, 0.25) is 0 Å². The fourth-order valence-corrected chi connectivity index (χ4v) is 0.997. The minimum Gasteiger partial charge on any atom is -0.462 e. The summed E-state index contributed by atoms with van der Waals surface area (Å²) in [6.45, 7) is 7.71. The lowest BCUT2D eigenvalue weighted by molar-refractivity contribution is -0.141. The molecule has 0 aromatic heterocycles. The number of allylic oxidation sites excluding steroid dienone is 2. The van der Waals surface area contributed by atoms with Crippen molar-refractivity contribution in [2.24, 2.45) is 0 Å². The van der Waals surface area contributed by atoms with Gasteiger partial charge in [0.15, 0.2) is 0 Å². The summed E-state index contributed by atoms with van der Waals surface area (Å²) in [5, 5.41) is 0. The number of hydrogen-bond acceptors (Lipinski definition) is 4. The summed E-state index contributed by atoms with van der Waals surface area (Å²) in [6.07, 6.45) is 4.80. The molecule has 0 saturated heterocycles. The molecule has 4 heteroatoms. The van der Waals surface area contributed by atoms with Crippen LogP contribution in [0.25, 0.3) is 0 Å². The Hall–Kier alpha value is -1.58. The molecule has 0 saturated carbocycles. The number of unbranched alkanes of at least 4 members (excludes halogenated alkanes) is 1. The normalized spacial score (nSPS) is 12.2. The largest absolute Gasteiger partial charge is 0.462 e. The monoisotopic (exact) mass is 254 g/mol. The van der Waals surface area contributed by atoms with Gasteiger partial charge in [-0.2, -0.15) is 0 Å². The lowest BCUT2D eigenvalue weighted by Gasteiger charge is -2.06. The SMILES string of the molecule is C/C=C(\C)C(=O)OCCCCOC(=O)/C(C)=C/C. The maximum atomic E-state index is 11.3. The number of esters is 2. The molecule has 0 heterocycles. The summed E-state index contributed by atoms with van der Waals surface area (Å²) in [6, 6.07) is 0. The van der Waals surface area contributed by atoms with Gasteiger partial charge in [0.1, 0.15) is 0 Å². The van der Waals surface area contributed by atoms with Crippen molar-refractivity contribution in [3.05, 3.63) is 23.3 Å². The third-order valence-electron chi connectivity index (χ3n) is 2.51. The fraction of sp³-hybridized carbons (Fsp3) is 0.571. The van der Waals surface area contributed by atoms with E-state index in [1.54, 1.807) is 39.8 Å². The maximum absolute atomic E-state index is 11.3. The van der Waals surface area contributed by atoms with Gasteiger partial charge in [-0.05, 0) is 40.5 Å². The third-order valence-corrected chi connectivity index (χ3v) is 2.51. The quantitative estimate of drug-likeness (QED) is 0.398. The van der Waals surface area contributed by atoms with Crippen molar-refractivity contribution < 1.29 is 19.1 Å². The van der Waals surface area contributed by atoms with Gasteiger partial charge in [-0.1, -0.05) is 12.2 Å². The van der Waals surface area contributed by atoms with Crippen LogP contribution in [0.1, 0.15) is 40.5 Å². The molecule has 0 aliphatic carbocycles. The zero-order valence-corrected chi connectivity index (χ0v) is 11.6. The second kappa shape index (κ2) is 9.45. The van der Waals surface area contributed by atoms with Gasteiger partial charge in [0, 0.05) is 11.1 Å². The average molecular weight is 254 g/mol. The van der Waals surface area contributed by atoms with Gasteiger partial charge in [-0.25, -0.2) is 9.59 Å². The molecule has 0 N–H and O–H groups in total. The highest BCUT2D eigenvalue weighted by molar-refractivity contribution is 5.87. The topological polar surface area (TPSA) is 52.6 Å². The van der Waals surface area contributed by atoms with Crippen LogP contribution in [0.15, 0.2) is 23.3 Å². The Labute approximate surface area is 109 Å². The number of hydrogen-bond donors (Lipinski definition) is 0. The maximum Gasteiger partial charge on any atom is 0.333 e. The lowest BCUT2D eigenvalue weighted by Crippen LogP contribution is -2.09. The highest BCUT2D eigenvalue weighted by atomic mass is 16.5. The second-order valence-corrected chi connectivity index (χ2v) is 3.92. The molecule has 0 rings (SSSR count). The molecule has 4 nitrogen and oxygen atoms in total. The predicted octanol–water partition coefficient (Wildman–Crippen LogP) is 2.79. The molecular weight excluding hydrogens is 232 g/mol. The third kappa shape index (κ3) is 6.89. The van der Waals surface area contributed by atoms with E-state index >= 15 is 0 Å². The Kier molecular flexibility index (Phi) is 8.62. The van der Waals surface area contributed by atoms with Crippen LogP contribution in [0, 0.1) is 0 Å². The molecular formula is C14H22O4. The summed E-state index contributed by atoms with van der Waals surface area (Å²) in [4.78, 5) is 22.5. The van der Waals surface area contributed by atoms with Crippen LogP contribution < -0.4 is 0 Å². The molecule has 18 heavy (non-hydrogen) atoms. The zero-order valence-electron chi connectivity index (χ0n) is 11.6. The van der Waals surface area contributed by atoms with E-state index < -0.39 is 0 Å². The first-order valence-corrected chi connectivity index (χ1v) is 6.13. The van der Waals surface area contributed by atoms with Crippen molar-refractivity contribution in [1.82, 2.24) is 0 Å². The molecule has 0 fully saturated rings. The van der Waals surface area contributed by atoms with Crippen LogP contribution in [0.3, 0.4) is 0 Å². The molecule has 0 spiro atoms. The van der Waals surface area contributed by atoms with Crippen LogP contribution in [-0.4, -0.2) is 25.2 Å². The Morgan fingerprint density at radius 2 is 1.17 bits per heavy atom. The molecule has 0 aromatic rings. The van der Waals surface area contributed by atoms with Crippen molar-refractivity contribution >= 4 is 11.9 Å². The second-order valence-electron chi connectivity index (χ2n) is 3.92. The minimum absolute atomic E-state index is 0.292. The Morgan fingerprint density at radius 3 is 1.44 bits per heavy atom. The van der Waals surface area contributed by atoms with Crippen LogP contribution in [0.5, 0.6) is 0 Å². The zero-order chi connectivity index (χ0) is 14.0. The van der Waals surface area contributed by atoms with Crippen LogP contribution >= 0.6 is 0 Å². The summed E-state index contributed by atoms with van der Waals surface area (Å²) in [5.41, 5.74) is 1.20. The lowest BCUT2D eigenvalue weighted by atomic mass is 10.3. The molecule has 0 atom stereocenters. The van der Waals surface area contributed by atoms with Crippen molar-refractivity contribution in [2.75, 3.05) is 13.2 Å². The van der Waals surface area contributed by atoms with Crippen LogP contribution in [-0.2, 0) is 19.1 Å². The van der Waals surface area contributed by atoms with Gasteiger partial charge in [0.25, 0.3) is 0 Å². The highest BCUT2D eigenvalue weighted by Crippen LogP contribution is 2.00. The average Bonchev–Trinajstić information content (AvgIpc) is 2.39. The van der Waals surface area contributed by atoms with E-state index in [0.717, 1.165) is 0 Å². The summed E-state index contributed by atoms with van der Waals surface area (Å²) >= 11 is 0. The molecule has 0 radical (unpaired) electrons. The Morgan fingerprint density at radius 1 is 0.833 bits per heavy atom. The summed E-state index contributed by atoms with van der Waals surface area (Å²) < 4.78 is 10.0. The van der Waals surface area contributed by atoms with Crippen molar-refractivity contribution in [3.8, 4) is 0 Å². The van der Waals surface area contributed by atoms with E-state index in [-0.39, 0.29) is 11.9 Å². The first kappa shape index (κ1) is 16.4. The predicted molar refractivity (Wildman–Crippen MR) is 70.0 cm³/mol. The number of rotatable bonds is 7. The van der Waals surface area contributed by atoms with Gasteiger partial charge < -0.3 is 9.47 Å². The number of ether oxygens (including phenoxy) is 2. The first-order valence-electron chi connectivity index (χ1n) is 6.13. The standard InChI is InChI=1S/C14H22O4/c1-5-11(3)13(15)17-9-7-8-10-18-14(16)12(4)6-2/h5-6H,7-10H2,1-4H3/b11-5+,12-6+. The van der Waals surface area contributed by atoms with Crippen molar-refractivity contribution in [2.45, 2.75) is 40.5 Å². The molecule has 0 unspecified atom stereocenters. The highest BCUT2D eigenvalue weighted by Gasteiger charge is 2.05. The molecule has 0 aromatic carbocycles. The van der Waals surface area contributed by atoms with E-state index in [4.69, 9.17) is 9.47 Å². The molecule has 102 valence electrons. The van der Waals surface area contributed by atoms with E-state index in [1.165, 1.54) is 0 Å². The first-order chi connectivity index (χ1) is 8.52. The smallest absolute Gasteiger partial charge is 0.333 e. The van der Waals surface area contributed by atoms with Crippen molar-refractivity contribution in [3.63, 3.8) is 0 Å². The molecule has 0 bridgehead atoms. The van der Waals surface area contributed by atoms with E-state index in [9.17, 15) is 9.59 Å². The summed E-state index contributed by atoms with van der Waals surface area (Å²) in [7, 11) is 0. The molecule has 0 aliphatic heterocycles.